The largest absolute Gasteiger partial charge is 0.329 e. The lowest BCUT2D eigenvalue weighted by Crippen LogP contribution is -2.41. The van der Waals surface area contributed by atoms with Gasteiger partial charge in [-0.25, -0.2) is 18.0 Å². The van der Waals surface area contributed by atoms with Crippen molar-refractivity contribution in [2.24, 2.45) is 5.73 Å². The van der Waals surface area contributed by atoms with Gasteiger partial charge in [-0.2, -0.15) is 0 Å². The van der Waals surface area contributed by atoms with Crippen LogP contribution in [0.2, 0.25) is 0 Å². The standard InChI is InChI=1S/C11H12F3N3O2/c1-6(18)17(5-4-15)11(19)16-8-3-2-7(12)9(13)10(8)14/h2-3H,4-5,15H2,1H3,(H,16,19). The third kappa shape index (κ3) is 3.44. The molecule has 3 amide bonds. The molecular weight excluding hydrogens is 263 g/mol. The summed E-state index contributed by atoms with van der Waals surface area (Å²) >= 11 is 0. The Kier molecular flexibility index (Phi) is 4.87. The van der Waals surface area contributed by atoms with E-state index >= 15 is 0 Å². The van der Waals surface area contributed by atoms with Crippen molar-refractivity contribution in [3.8, 4) is 0 Å². The van der Waals surface area contributed by atoms with Crippen LogP contribution >= 0.6 is 0 Å². The maximum atomic E-state index is 13.3. The quantitative estimate of drug-likeness (QED) is 0.820. The zero-order valence-corrected chi connectivity index (χ0v) is 10.0. The van der Waals surface area contributed by atoms with Gasteiger partial charge in [0.2, 0.25) is 5.91 Å². The van der Waals surface area contributed by atoms with Crippen molar-refractivity contribution < 1.29 is 22.8 Å². The van der Waals surface area contributed by atoms with Gasteiger partial charge < -0.3 is 11.1 Å². The molecule has 0 radical (unpaired) electrons. The molecule has 1 aromatic carbocycles. The lowest BCUT2D eigenvalue weighted by Gasteiger charge is -2.19. The zero-order chi connectivity index (χ0) is 14.6. The number of anilines is 1. The van der Waals surface area contributed by atoms with Crippen molar-refractivity contribution in [1.82, 2.24) is 4.90 Å². The Bertz CT molecular complexity index is 508. The minimum Gasteiger partial charge on any atom is -0.329 e. The molecule has 0 atom stereocenters. The maximum Gasteiger partial charge on any atom is 0.328 e. The van der Waals surface area contributed by atoms with E-state index < -0.39 is 35.1 Å². The first-order chi connectivity index (χ1) is 8.88. The fourth-order valence-corrected chi connectivity index (χ4v) is 1.34. The van der Waals surface area contributed by atoms with Crippen LogP contribution in [0, 0.1) is 17.5 Å². The highest BCUT2D eigenvalue weighted by Crippen LogP contribution is 2.19. The van der Waals surface area contributed by atoms with Gasteiger partial charge in [0.25, 0.3) is 0 Å². The highest BCUT2D eigenvalue weighted by Gasteiger charge is 2.20. The Morgan fingerprint density at radius 2 is 1.89 bits per heavy atom. The van der Waals surface area contributed by atoms with Gasteiger partial charge in [0.05, 0.1) is 5.69 Å². The topological polar surface area (TPSA) is 75.4 Å². The van der Waals surface area contributed by atoms with E-state index in [0.29, 0.717) is 6.07 Å². The molecule has 0 aliphatic rings. The molecule has 0 unspecified atom stereocenters. The van der Waals surface area contributed by atoms with E-state index in [1.165, 1.54) is 0 Å². The third-order valence-electron chi connectivity index (χ3n) is 2.25. The number of nitrogens with zero attached hydrogens (tertiary/aromatic N) is 1. The molecule has 5 nitrogen and oxygen atoms in total. The van der Waals surface area contributed by atoms with Gasteiger partial charge >= 0.3 is 6.03 Å². The first-order valence-electron chi connectivity index (χ1n) is 5.31. The van der Waals surface area contributed by atoms with Crippen LogP contribution in [-0.2, 0) is 4.79 Å². The molecule has 0 saturated carbocycles. The first kappa shape index (κ1) is 15.0. The van der Waals surface area contributed by atoms with E-state index in [-0.39, 0.29) is 13.1 Å². The molecule has 0 fully saturated rings. The number of carbonyl (C=O) groups excluding carboxylic acids is 2. The van der Waals surface area contributed by atoms with Crippen molar-refractivity contribution in [2.45, 2.75) is 6.92 Å². The predicted molar refractivity (Wildman–Crippen MR) is 61.8 cm³/mol. The lowest BCUT2D eigenvalue weighted by atomic mass is 10.3. The van der Waals surface area contributed by atoms with Gasteiger partial charge in [0.1, 0.15) is 0 Å². The summed E-state index contributed by atoms with van der Waals surface area (Å²) in [6.07, 6.45) is 0. The SMILES string of the molecule is CC(=O)N(CCN)C(=O)Nc1ccc(F)c(F)c1F. The lowest BCUT2D eigenvalue weighted by molar-refractivity contribution is -0.125. The average molecular weight is 275 g/mol. The smallest absolute Gasteiger partial charge is 0.328 e. The Morgan fingerprint density at radius 1 is 1.26 bits per heavy atom. The number of urea groups is 1. The fraction of sp³-hybridized carbons (Fsp3) is 0.273. The second-order valence-electron chi connectivity index (χ2n) is 3.61. The van der Waals surface area contributed by atoms with Gasteiger partial charge in [-0.3, -0.25) is 9.69 Å². The molecular formula is C11H12F3N3O2. The van der Waals surface area contributed by atoms with Crippen LogP contribution in [0.4, 0.5) is 23.7 Å². The second-order valence-corrected chi connectivity index (χ2v) is 3.61. The Hall–Kier alpha value is -2.09. The Morgan fingerprint density at radius 3 is 2.42 bits per heavy atom. The summed E-state index contributed by atoms with van der Waals surface area (Å²) in [6.45, 7) is 1.07. The zero-order valence-electron chi connectivity index (χ0n) is 10.0. The van der Waals surface area contributed by atoms with Crippen molar-refractivity contribution in [3.05, 3.63) is 29.6 Å². The molecule has 0 heterocycles. The number of hydrogen-bond acceptors (Lipinski definition) is 3. The van der Waals surface area contributed by atoms with Gasteiger partial charge in [-0.05, 0) is 12.1 Å². The van der Waals surface area contributed by atoms with Crippen LogP contribution < -0.4 is 11.1 Å². The fourth-order valence-electron chi connectivity index (χ4n) is 1.34. The van der Waals surface area contributed by atoms with Gasteiger partial charge in [0, 0.05) is 20.0 Å². The van der Waals surface area contributed by atoms with Crippen molar-refractivity contribution in [1.29, 1.82) is 0 Å². The molecule has 8 heteroatoms. The van der Waals surface area contributed by atoms with Crippen molar-refractivity contribution in [3.63, 3.8) is 0 Å². The van der Waals surface area contributed by atoms with Gasteiger partial charge in [0.15, 0.2) is 17.5 Å². The van der Waals surface area contributed by atoms with Gasteiger partial charge in [-0.1, -0.05) is 0 Å². The summed E-state index contributed by atoms with van der Waals surface area (Å²) in [5.74, 6) is -5.22. The number of imide groups is 1. The molecule has 3 N–H and O–H groups in total. The van der Waals surface area contributed by atoms with Crippen LogP contribution in [0.3, 0.4) is 0 Å². The number of amides is 3. The molecule has 19 heavy (non-hydrogen) atoms. The summed E-state index contributed by atoms with van der Waals surface area (Å²) in [6, 6.07) is 0.546. The van der Waals surface area contributed by atoms with E-state index in [0.717, 1.165) is 17.9 Å². The van der Waals surface area contributed by atoms with Crippen LogP contribution in [0.15, 0.2) is 12.1 Å². The number of hydrogen-bond donors (Lipinski definition) is 2. The highest BCUT2D eigenvalue weighted by molar-refractivity contribution is 6.00. The number of halogens is 3. The van der Waals surface area contributed by atoms with E-state index in [4.69, 9.17) is 5.73 Å². The summed E-state index contributed by atoms with van der Waals surface area (Å²) in [4.78, 5) is 23.5. The molecule has 0 aliphatic carbocycles. The highest BCUT2D eigenvalue weighted by atomic mass is 19.2. The van der Waals surface area contributed by atoms with Crippen LogP contribution in [0.5, 0.6) is 0 Å². The monoisotopic (exact) mass is 275 g/mol. The minimum absolute atomic E-state index is 0.0211. The maximum absolute atomic E-state index is 13.3. The van der Waals surface area contributed by atoms with Gasteiger partial charge in [-0.15, -0.1) is 0 Å². The van der Waals surface area contributed by atoms with Crippen LogP contribution in [0.1, 0.15) is 6.92 Å². The van der Waals surface area contributed by atoms with E-state index in [2.05, 4.69) is 0 Å². The van der Waals surface area contributed by atoms with Crippen molar-refractivity contribution >= 4 is 17.6 Å². The normalized spacial score (nSPS) is 10.2. The number of benzene rings is 1. The average Bonchev–Trinajstić information content (AvgIpc) is 2.36. The first-order valence-corrected chi connectivity index (χ1v) is 5.31. The van der Waals surface area contributed by atoms with E-state index in [1.807, 2.05) is 5.32 Å². The molecule has 0 aliphatic heterocycles. The summed E-state index contributed by atoms with van der Waals surface area (Å²) in [5, 5.41) is 1.97. The van der Waals surface area contributed by atoms with Crippen molar-refractivity contribution in [2.75, 3.05) is 18.4 Å². The number of nitrogens with two attached hydrogens (primary N) is 1. The minimum atomic E-state index is -1.70. The molecule has 0 aromatic heterocycles. The van der Waals surface area contributed by atoms with E-state index in [9.17, 15) is 22.8 Å². The molecule has 0 saturated heterocycles. The second kappa shape index (κ2) is 6.19. The third-order valence-corrected chi connectivity index (χ3v) is 2.25. The summed E-state index contributed by atoms with van der Waals surface area (Å²) < 4.78 is 39.0. The Balaban J connectivity index is 2.93. The molecule has 104 valence electrons. The summed E-state index contributed by atoms with van der Waals surface area (Å²) in [7, 11) is 0. The molecule has 0 bridgehead atoms. The molecule has 0 spiro atoms. The van der Waals surface area contributed by atoms with Crippen LogP contribution in [0.25, 0.3) is 0 Å². The van der Waals surface area contributed by atoms with Crippen LogP contribution in [-0.4, -0.2) is 29.9 Å². The Labute approximate surface area is 107 Å². The van der Waals surface area contributed by atoms with E-state index in [1.54, 1.807) is 0 Å². The molecule has 1 aromatic rings. The number of nitrogens with one attached hydrogen (secondary N) is 1. The number of carbonyl (C=O) groups is 2. The summed E-state index contributed by atoms with van der Waals surface area (Å²) in [5.41, 5.74) is 4.65. The number of rotatable bonds is 3. The molecule has 1 rings (SSSR count). The predicted octanol–water partition coefficient (Wildman–Crippen LogP) is 1.44.